The number of benzene rings is 2. The minimum Gasteiger partial charge on any atom is -0.487 e. The van der Waals surface area contributed by atoms with Crippen LogP contribution in [0.4, 0.5) is 0 Å². The van der Waals surface area contributed by atoms with Crippen molar-refractivity contribution in [3.05, 3.63) is 78.1 Å². The fraction of sp³-hybridized carbons (Fsp3) is 0.273. The van der Waals surface area contributed by atoms with Gasteiger partial charge in [-0.1, -0.05) is 53.7 Å². The third-order valence-electron chi connectivity index (χ3n) is 4.94. The quantitative estimate of drug-likeness (QED) is 0.553. The number of hydrogen-bond acceptors (Lipinski definition) is 5. The van der Waals surface area contributed by atoms with Crippen LogP contribution in [0.25, 0.3) is 0 Å². The Hall–Kier alpha value is -3.48. The van der Waals surface area contributed by atoms with E-state index in [1.165, 1.54) is 0 Å². The van der Waals surface area contributed by atoms with Crippen molar-refractivity contribution >= 4 is 11.7 Å². The highest BCUT2D eigenvalue weighted by atomic mass is 16.5. The highest BCUT2D eigenvalue weighted by Gasteiger charge is 2.32. The molecule has 0 unspecified atom stereocenters. The fourth-order valence-electron chi connectivity index (χ4n) is 3.21. The Kier molecular flexibility index (Phi) is 5.65. The second kappa shape index (κ2) is 8.68. The fourth-order valence-corrected chi connectivity index (χ4v) is 3.21. The molecule has 0 radical (unpaired) electrons. The van der Waals surface area contributed by atoms with Gasteiger partial charge < -0.3 is 9.64 Å². The molecule has 1 aromatic heterocycles. The van der Waals surface area contributed by atoms with Crippen LogP contribution in [0.5, 0.6) is 5.75 Å². The van der Waals surface area contributed by atoms with E-state index in [4.69, 9.17) is 4.74 Å². The number of amides is 1. The van der Waals surface area contributed by atoms with Gasteiger partial charge in [0.05, 0.1) is 12.2 Å². The maximum absolute atomic E-state index is 12.3. The maximum Gasteiger partial charge on any atom is 0.223 e. The molecule has 0 atom stereocenters. The molecule has 0 spiro atoms. The predicted octanol–water partition coefficient (Wildman–Crippen LogP) is 2.90. The first-order chi connectivity index (χ1) is 14.2. The molecule has 1 amide bonds. The zero-order valence-electron chi connectivity index (χ0n) is 16.0. The molecule has 4 rings (SSSR count). The van der Waals surface area contributed by atoms with Gasteiger partial charge in [0, 0.05) is 31.5 Å². The average molecular weight is 390 g/mol. The number of carbonyl (C=O) groups excluding carboxylic acids is 2. The van der Waals surface area contributed by atoms with Gasteiger partial charge in [-0.3, -0.25) is 9.59 Å². The summed E-state index contributed by atoms with van der Waals surface area (Å²) in [4.78, 5) is 26.2. The zero-order valence-corrected chi connectivity index (χ0v) is 16.0. The normalized spacial score (nSPS) is 13.7. The molecule has 1 aliphatic rings. The van der Waals surface area contributed by atoms with Crippen LogP contribution in [-0.2, 0) is 11.4 Å². The minimum absolute atomic E-state index is 0.00159. The Morgan fingerprint density at radius 2 is 1.66 bits per heavy atom. The predicted molar refractivity (Wildman–Crippen MR) is 106 cm³/mol. The van der Waals surface area contributed by atoms with Crippen molar-refractivity contribution in [3.63, 3.8) is 0 Å². The summed E-state index contributed by atoms with van der Waals surface area (Å²) < 4.78 is 7.46. The standard InChI is InChI=1S/C22H22N4O3/c27-21(17-7-3-1-4-8-17)11-12-22(28)25-14-19(15-25)26-13-18(23-24-26)16-29-20-9-5-2-6-10-20/h1-10,13,19H,11-12,14-16H2. The number of hydrogen-bond donors (Lipinski definition) is 0. The lowest BCUT2D eigenvalue weighted by molar-refractivity contribution is -0.137. The molecule has 0 saturated carbocycles. The van der Waals surface area contributed by atoms with E-state index in [1.807, 2.05) is 54.7 Å². The molecular weight excluding hydrogens is 368 g/mol. The molecular formula is C22H22N4O3. The lowest BCUT2D eigenvalue weighted by atomic mass is 10.0. The number of carbonyl (C=O) groups is 2. The van der Waals surface area contributed by atoms with E-state index in [1.54, 1.807) is 21.7 Å². The summed E-state index contributed by atoms with van der Waals surface area (Å²) in [7, 11) is 0. The number of ether oxygens (including phenoxy) is 1. The molecule has 0 N–H and O–H groups in total. The molecule has 1 aliphatic heterocycles. The van der Waals surface area contributed by atoms with Gasteiger partial charge in [-0.25, -0.2) is 4.68 Å². The van der Waals surface area contributed by atoms with Crippen LogP contribution in [0.1, 0.15) is 34.9 Å². The van der Waals surface area contributed by atoms with Gasteiger partial charge in [-0.15, -0.1) is 5.10 Å². The van der Waals surface area contributed by atoms with E-state index in [0.717, 1.165) is 11.4 Å². The van der Waals surface area contributed by atoms with Crippen LogP contribution in [0, 0.1) is 0 Å². The van der Waals surface area contributed by atoms with Gasteiger partial charge in [0.25, 0.3) is 0 Å². The average Bonchev–Trinajstić information content (AvgIpc) is 3.19. The third-order valence-corrected chi connectivity index (χ3v) is 4.94. The van der Waals surface area contributed by atoms with Crippen LogP contribution < -0.4 is 4.74 Å². The number of likely N-dealkylation sites (tertiary alicyclic amines) is 1. The van der Waals surface area contributed by atoms with E-state index in [9.17, 15) is 9.59 Å². The van der Waals surface area contributed by atoms with Crippen molar-refractivity contribution in [2.45, 2.75) is 25.5 Å². The summed E-state index contributed by atoms with van der Waals surface area (Å²) in [6.45, 7) is 1.52. The molecule has 1 fully saturated rings. The molecule has 2 heterocycles. The second-order valence-electron chi connectivity index (χ2n) is 7.03. The maximum atomic E-state index is 12.3. The van der Waals surface area contributed by atoms with E-state index in [0.29, 0.717) is 25.3 Å². The number of nitrogens with zero attached hydrogens (tertiary/aromatic N) is 4. The Bertz CT molecular complexity index is 966. The first-order valence-electron chi connectivity index (χ1n) is 9.63. The van der Waals surface area contributed by atoms with Crippen molar-refractivity contribution in [2.24, 2.45) is 0 Å². The summed E-state index contributed by atoms with van der Waals surface area (Å²) in [5.74, 6) is 0.779. The summed E-state index contributed by atoms with van der Waals surface area (Å²) in [6.07, 6.45) is 2.32. The van der Waals surface area contributed by atoms with Crippen LogP contribution in [0.3, 0.4) is 0 Å². The van der Waals surface area contributed by atoms with Gasteiger partial charge in [-0.05, 0) is 12.1 Å². The van der Waals surface area contributed by atoms with Crippen molar-refractivity contribution in [1.29, 1.82) is 0 Å². The van der Waals surface area contributed by atoms with Crippen LogP contribution >= 0.6 is 0 Å². The van der Waals surface area contributed by atoms with Crippen molar-refractivity contribution in [1.82, 2.24) is 19.9 Å². The topological polar surface area (TPSA) is 77.3 Å². The van der Waals surface area contributed by atoms with E-state index >= 15 is 0 Å². The minimum atomic E-state index is -0.00430. The first kappa shape index (κ1) is 18.9. The molecule has 29 heavy (non-hydrogen) atoms. The highest BCUT2D eigenvalue weighted by molar-refractivity contribution is 5.97. The van der Waals surface area contributed by atoms with Crippen LogP contribution in [0.2, 0.25) is 0 Å². The summed E-state index contributed by atoms with van der Waals surface area (Å²) >= 11 is 0. The van der Waals surface area contributed by atoms with Gasteiger partial charge in [0.2, 0.25) is 5.91 Å². The Morgan fingerprint density at radius 1 is 0.966 bits per heavy atom. The SMILES string of the molecule is O=C(CCC(=O)N1CC(n2cc(COc3ccccc3)nn2)C1)c1ccccc1. The van der Waals surface area contributed by atoms with Gasteiger partial charge in [0.15, 0.2) is 5.78 Å². The highest BCUT2D eigenvalue weighted by Crippen LogP contribution is 2.22. The summed E-state index contributed by atoms with van der Waals surface area (Å²) in [5, 5.41) is 8.29. The van der Waals surface area contributed by atoms with Crippen molar-refractivity contribution in [3.8, 4) is 5.75 Å². The lowest BCUT2D eigenvalue weighted by Crippen LogP contribution is -2.50. The molecule has 2 aromatic carbocycles. The zero-order chi connectivity index (χ0) is 20.1. The molecule has 7 nitrogen and oxygen atoms in total. The molecule has 0 aliphatic carbocycles. The lowest BCUT2D eigenvalue weighted by Gasteiger charge is -2.38. The Balaban J connectivity index is 1.21. The second-order valence-corrected chi connectivity index (χ2v) is 7.03. The van der Waals surface area contributed by atoms with Crippen molar-refractivity contribution in [2.75, 3.05) is 13.1 Å². The number of Topliss-reactive ketones (excluding diaryl/α,β-unsaturated/α-hetero) is 1. The molecule has 0 bridgehead atoms. The molecule has 1 saturated heterocycles. The largest absolute Gasteiger partial charge is 0.487 e. The Morgan fingerprint density at radius 3 is 2.38 bits per heavy atom. The van der Waals surface area contributed by atoms with Crippen LogP contribution in [-0.4, -0.2) is 44.7 Å². The van der Waals surface area contributed by atoms with Gasteiger partial charge in [-0.2, -0.15) is 0 Å². The smallest absolute Gasteiger partial charge is 0.223 e. The molecule has 148 valence electrons. The monoisotopic (exact) mass is 390 g/mol. The third kappa shape index (κ3) is 4.68. The summed E-state index contributed by atoms with van der Waals surface area (Å²) in [5.41, 5.74) is 1.39. The van der Waals surface area contributed by atoms with Gasteiger partial charge >= 0.3 is 0 Å². The summed E-state index contributed by atoms with van der Waals surface area (Å²) in [6, 6.07) is 18.7. The first-order valence-corrected chi connectivity index (χ1v) is 9.63. The van der Waals surface area contributed by atoms with E-state index < -0.39 is 0 Å². The van der Waals surface area contributed by atoms with E-state index in [2.05, 4.69) is 10.3 Å². The number of rotatable bonds is 8. The van der Waals surface area contributed by atoms with Crippen molar-refractivity contribution < 1.29 is 14.3 Å². The molecule has 7 heteroatoms. The van der Waals surface area contributed by atoms with E-state index in [-0.39, 0.29) is 30.6 Å². The number of aromatic nitrogens is 3. The number of ketones is 1. The van der Waals surface area contributed by atoms with Gasteiger partial charge in [0.1, 0.15) is 18.1 Å². The Labute approximate surface area is 168 Å². The molecule has 3 aromatic rings. The van der Waals surface area contributed by atoms with Crippen LogP contribution in [0.15, 0.2) is 66.9 Å². The number of para-hydroxylation sites is 1.